The average molecular weight is 341 g/mol. The molecule has 0 saturated carbocycles. The molecule has 2 aromatic rings. The van der Waals surface area contributed by atoms with Gasteiger partial charge in [0.05, 0.1) is 33.1 Å². The van der Waals surface area contributed by atoms with Gasteiger partial charge in [0.15, 0.2) is 0 Å². The normalized spacial score (nSPS) is 10.9. The van der Waals surface area contributed by atoms with Gasteiger partial charge in [0.2, 0.25) is 0 Å². The lowest BCUT2D eigenvalue weighted by molar-refractivity contribution is 0.601. The van der Waals surface area contributed by atoms with Gasteiger partial charge in [0.1, 0.15) is 0 Å². The van der Waals surface area contributed by atoms with Gasteiger partial charge in [-0.25, -0.2) is 8.42 Å². The Kier molecular flexibility index (Phi) is 4.73. The van der Waals surface area contributed by atoms with Crippen LogP contribution in [0.25, 0.3) is 0 Å². The maximum atomic E-state index is 12.3. The Morgan fingerprint density at radius 1 is 1.10 bits per heavy atom. The van der Waals surface area contributed by atoms with Crippen LogP contribution in [0.15, 0.2) is 47.4 Å². The Morgan fingerprint density at radius 3 is 2.38 bits per heavy atom. The SMILES string of the molecule is N#CCc1ccc(S(=O)(=O)Nc2cccc(Cl)c2Cl)cc1. The molecule has 21 heavy (non-hydrogen) atoms. The van der Waals surface area contributed by atoms with Crippen molar-refractivity contribution in [1.29, 1.82) is 5.26 Å². The number of nitrogens with one attached hydrogen (secondary N) is 1. The van der Waals surface area contributed by atoms with Crippen molar-refractivity contribution >= 4 is 38.9 Å². The number of anilines is 1. The molecule has 0 aromatic heterocycles. The third-order valence-electron chi connectivity index (χ3n) is 2.71. The van der Waals surface area contributed by atoms with Gasteiger partial charge in [-0.1, -0.05) is 41.4 Å². The first-order valence-electron chi connectivity index (χ1n) is 5.87. The van der Waals surface area contributed by atoms with Crippen molar-refractivity contribution in [1.82, 2.24) is 0 Å². The van der Waals surface area contributed by atoms with E-state index in [1.54, 1.807) is 24.3 Å². The lowest BCUT2D eigenvalue weighted by Gasteiger charge is -2.10. The van der Waals surface area contributed by atoms with Crippen LogP contribution in [0, 0.1) is 11.3 Å². The summed E-state index contributed by atoms with van der Waals surface area (Å²) in [5.74, 6) is 0. The fraction of sp³-hybridized carbons (Fsp3) is 0.0714. The Labute approximate surface area is 133 Å². The molecule has 0 saturated heterocycles. The van der Waals surface area contributed by atoms with Crippen molar-refractivity contribution in [2.24, 2.45) is 0 Å². The zero-order valence-corrected chi connectivity index (χ0v) is 13.0. The maximum Gasteiger partial charge on any atom is 0.261 e. The van der Waals surface area contributed by atoms with Crippen LogP contribution < -0.4 is 4.72 Å². The lowest BCUT2D eigenvalue weighted by atomic mass is 10.2. The topological polar surface area (TPSA) is 70.0 Å². The van der Waals surface area contributed by atoms with Gasteiger partial charge in [-0.05, 0) is 29.8 Å². The van der Waals surface area contributed by atoms with E-state index in [0.717, 1.165) is 5.56 Å². The van der Waals surface area contributed by atoms with Crippen molar-refractivity contribution in [3.63, 3.8) is 0 Å². The Hall–Kier alpha value is -1.74. The smallest absolute Gasteiger partial charge is 0.261 e. The van der Waals surface area contributed by atoms with Gasteiger partial charge in [0.25, 0.3) is 10.0 Å². The van der Waals surface area contributed by atoms with E-state index in [4.69, 9.17) is 28.5 Å². The van der Waals surface area contributed by atoms with Crippen molar-refractivity contribution in [3.8, 4) is 6.07 Å². The predicted molar refractivity (Wildman–Crippen MR) is 83.0 cm³/mol. The second kappa shape index (κ2) is 6.35. The van der Waals surface area contributed by atoms with Crippen LogP contribution in [0.3, 0.4) is 0 Å². The molecular weight excluding hydrogens is 331 g/mol. The van der Waals surface area contributed by atoms with Crippen LogP contribution in [0.2, 0.25) is 10.0 Å². The molecule has 1 N–H and O–H groups in total. The highest BCUT2D eigenvalue weighted by Gasteiger charge is 2.16. The molecule has 0 heterocycles. The van der Waals surface area contributed by atoms with Gasteiger partial charge in [-0.15, -0.1) is 0 Å². The molecule has 0 bridgehead atoms. The Balaban J connectivity index is 2.30. The molecule has 0 radical (unpaired) electrons. The van der Waals surface area contributed by atoms with Crippen molar-refractivity contribution in [2.45, 2.75) is 11.3 Å². The minimum atomic E-state index is -3.76. The third kappa shape index (κ3) is 3.67. The zero-order chi connectivity index (χ0) is 15.5. The Morgan fingerprint density at radius 2 is 1.76 bits per heavy atom. The van der Waals surface area contributed by atoms with Gasteiger partial charge in [-0.2, -0.15) is 5.26 Å². The van der Waals surface area contributed by atoms with Crippen molar-refractivity contribution in [3.05, 3.63) is 58.1 Å². The van der Waals surface area contributed by atoms with Crippen LogP contribution in [0.4, 0.5) is 5.69 Å². The van der Waals surface area contributed by atoms with E-state index in [9.17, 15) is 8.42 Å². The first-order valence-corrected chi connectivity index (χ1v) is 8.10. The van der Waals surface area contributed by atoms with E-state index in [1.807, 2.05) is 6.07 Å². The van der Waals surface area contributed by atoms with Crippen LogP contribution in [0.1, 0.15) is 5.56 Å². The predicted octanol–water partition coefficient (Wildman–Crippen LogP) is 3.86. The summed E-state index contributed by atoms with van der Waals surface area (Å²) >= 11 is 11.8. The molecule has 0 unspecified atom stereocenters. The molecule has 0 spiro atoms. The minimum absolute atomic E-state index is 0.0835. The summed E-state index contributed by atoms with van der Waals surface area (Å²) in [5.41, 5.74) is 0.961. The highest BCUT2D eigenvalue weighted by molar-refractivity contribution is 7.92. The molecule has 0 atom stereocenters. The van der Waals surface area contributed by atoms with E-state index in [0.29, 0.717) is 0 Å². The number of hydrogen-bond donors (Lipinski definition) is 1. The summed E-state index contributed by atoms with van der Waals surface area (Å²) in [4.78, 5) is 0.0835. The second-order valence-corrected chi connectivity index (χ2v) is 6.65. The van der Waals surface area contributed by atoms with Crippen LogP contribution in [-0.2, 0) is 16.4 Å². The van der Waals surface area contributed by atoms with Gasteiger partial charge >= 0.3 is 0 Å². The number of hydrogen-bond acceptors (Lipinski definition) is 3. The van der Waals surface area contributed by atoms with E-state index >= 15 is 0 Å². The Bertz CT molecular complexity index is 797. The van der Waals surface area contributed by atoms with Crippen LogP contribution >= 0.6 is 23.2 Å². The average Bonchev–Trinajstić information content (AvgIpc) is 2.45. The third-order valence-corrected chi connectivity index (χ3v) is 4.91. The summed E-state index contributed by atoms with van der Waals surface area (Å²) in [7, 11) is -3.76. The van der Waals surface area contributed by atoms with Gasteiger partial charge in [0, 0.05) is 0 Å². The lowest BCUT2D eigenvalue weighted by Crippen LogP contribution is -2.13. The summed E-state index contributed by atoms with van der Waals surface area (Å²) in [6.07, 6.45) is 0.230. The number of sulfonamides is 1. The number of halogens is 2. The highest BCUT2D eigenvalue weighted by Crippen LogP contribution is 2.31. The molecule has 0 amide bonds. The highest BCUT2D eigenvalue weighted by atomic mass is 35.5. The maximum absolute atomic E-state index is 12.3. The molecule has 7 heteroatoms. The van der Waals surface area contributed by atoms with Crippen LogP contribution in [0.5, 0.6) is 0 Å². The second-order valence-electron chi connectivity index (χ2n) is 4.19. The van der Waals surface area contributed by atoms with E-state index in [-0.39, 0.29) is 27.0 Å². The summed E-state index contributed by atoms with van der Waals surface area (Å²) in [6.45, 7) is 0. The molecule has 2 aromatic carbocycles. The monoisotopic (exact) mass is 340 g/mol. The first kappa shape index (κ1) is 15.6. The van der Waals surface area contributed by atoms with E-state index in [1.165, 1.54) is 18.2 Å². The fourth-order valence-corrected chi connectivity index (χ4v) is 3.14. The molecule has 0 aliphatic rings. The summed E-state index contributed by atoms with van der Waals surface area (Å²) < 4.78 is 26.9. The molecule has 2 rings (SSSR count). The van der Waals surface area contributed by atoms with E-state index < -0.39 is 10.0 Å². The molecular formula is C14H10Cl2N2O2S. The standard InChI is InChI=1S/C14H10Cl2N2O2S/c15-12-2-1-3-13(14(12)16)18-21(19,20)11-6-4-10(5-7-11)8-9-17/h1-7,18H,8H2. The van der Waals surface area contributed by atoms with Gasteiger partial charge < -0.3 is 0 Å². The van der Waals surface area contributed by atoms with Crippen molar-refractivity contribution < 1.29 is 8.42 Å². The minimum Gasteiger partial charge on any atom is -0.278 e. The molecule has 0 fully saturated rings. The quantitative estimate of drug-likeness (QED) is 0.918. The number of nitrogens with zero attached hydrogens (tertiary/aromatic N) is 1. The molecule has 108 valence electrons. The summed E-state index contributed by atoms with van der Waals surface area (Å²) in [5, 5.41) is 9.00. The number of rotatable bonds is 4. The number of benzene rings is 2. The first-order chi connectivity index (χ1) is 9.94. The number of nitriles is 1. The molecule has 0 aliphatic heterocycles. The van der Waals surface area contributed by atoms with E-state index in [2.05, 4.69) is 4.72 Å². The molecule has 4 nitrogen and oxygen atoms in total. The van der Waals surface area contributed by atoms with Crippen molar-refractivity contribution in [2.75, 3.05) is 4.72 Å². The largest absolute Gasteiger partial charge is 0.278 e. The van der Waals surface area contributed by atoms with Gasteiger partial charge in [-0.3, -0.25) is 4.72 Å². The fourth-order valence-electron chi connectivity index (χ4n) is 1.66. The zero-order valence-electron chi connectivity index (χ0n) is 10.7. The van der Waals surface area contributed by atoms with Crippen LogP contribution in [-0.4, -0.2) is 8.42 Å². The molecule has 0 aliphatic carbocycles. The summed E-state index contributed by atoms with van der Waals surface area (Å²) in [6, 6.07) is 12.8.